The lowest BCUT2D eigenvalue weighted by Gasteiger charge is -2.04. The molecule has 92 valence electrons. The number of hydrogen-bond donors (Lipinski definition) is 1. The number of anilines is 1. The summed E-state index contributed by atoms with van der Waals surface area (Å²) in [6, 6.07) is 20.1. The molecule has 0 aliphatic heterocycles. The van der Waals surface area contributed by atoms with Crippen LogP contribution in [0.3, 0.4) is 0 Å². The van der Waals surface area contributed by atoms with Crippen LogP contribution in [-0.2, 0) is 0 Å². The van der Waals surface area contributed by atoms with Crippen LogP contribution in [0.15, 0.2) is 66.9 Å². The van der Waals surface area contributed by atoms with Gasteiger partial charge in [0.25, 0.3) is 0 Å². The van der Waals surface area contributed by atoms with Gasteiger partial charge in [0, 0.05) is 11.8 Å². The minimum atomic E-state index is 0.483. The molecule has 3 heteroatoms. The second kappa shape index (κ2) is 4.90. The van der Waals surface area contributed by atoms with Gasteiger partial charge in [-0.05, 0) is 17.2 Å². The second-order valence-corrected chi connectivity index (χ2v) is 4.25. The molecule has 0 bridgehead atoms. The highest BCUT2D eigenvalue weighted by Crippen LogP contribution is 2.22. The highest BCUT2D eigenvalue weighted by Gasteiger charge is 2.02. The van der Waals surface area contributed by atoms with Gasteiger partial charge in [0.05, 0.1) is 0 Å². The number of hydrogen-bond acceptors (Lipinski definition) is 3. The summed E-state index contributed by atoms with van der Waals surface area (Å²) in [5.74, 6) is 1.14. The molecule has 0 spiro atoms. The highest BCUT2D eigenvalue weighted by molar-refractivity contribution is 5.67. The monoisotopic (exact) mass is 247 g/mol. The molecule has 3 nitrogen and oxygen atoms in total. The molecule has 19 heavy (non-hydrogen) atoms. The molecule has 0 aliphatic rings. The average molecular weight is 247 g/mol. The van der Waals surface area contributed by atoms with E-state index in [9.17, 15) is 0 Å². The standard InChI is InChI=1S/C16H13N3/c17-15-10-11-18-16(19-15)14-8-6-13(7-9-14)12-4-2-1-3-5-12/h1-11H,(H2,17,18,19). The van der Waals surface area contributed by atoms with E-state index in [2.05, 4.69) is 34.2 Å². The third-order valence-electron chi connectivity index (χ3n) is 2.93. The summed E-state index contributed by atoms with van der Waals surface area (Å²) in [7, 11) is 0. The van der Waals surface area contributed by atoms with Gasteiger partial charge in [-0.3, -0.25) is 0 Å². The predicted molar refractivity (Wildman–Crippen MR) is 77.3 cm³/mol. The van der Waals surface area contributed by atoms with Gasteiger partial charge in [0.1, 0.15) is 5.82 Å². The lowest BCUT2D eigenvalue weighted by molar-refractivity contribution is 1.18. The minimum Gasteiger partial charge on any atom is -0.384 e. The number of nitrogen functional groups attached to an aromatic ring is 1. The third kappa shape index (κ3) is 2.45. The van der Waals surface area contributed by atoms with Crippen molar-refractivity contribution in [2.24, 2.45) is 0 Å². The molecular weight excluding hydrogens is 234 g/mol. The molecule has 0 saturated carbocycles. The van der Waals surface area contributed by atoms with Crippen molar-refractivity contribution in [2.45, 2.75) is 0 Å². The first kappa shape index (κ1) is 11.4. The summed E-state index contributed by atoms with van der Waals surface area (Å²) in [4.78, 5) is 8.43. The third-order valence-corrected chi connectivity index (χ3v) is 2.93. The molecular formula is C16H13N3. The van der Waals surface area contributed by atoms with Crippen molar-refractivity contribution >= 4 is 5.82 Å². The van der Waals surface area contributed by atoms with Crippen LogP contribution in [0, 0.1) is 0 Å². The fraction of sp³-hybridized carbons (Fsp3) is 0. The second-order valence-electron chi connectivity index (χ2n) is 4.25. The maximum absolute atomic E-state index is 5.67. The van der Waals surface area contributed by atoms with E-state index in [1.807, 2.05) is 30.3 Å². The van der Waals surface area contributed by atoms with E-state index in [1.54, 1.807) is 12.3 Å². The number of nitrogens with two attached hydrogens (primary N) is 1. The summed E-state index contributed by atoms with van der Waals surface area (Å²) < 4.78 is 0. The summed E-state index contributed by atoms with van der Waals surface area (Å²) in [5.41, 5.74) is 9.00. The first-order valence-corrected chi connectivity index (χ1v) is 6.07. The van der Waals surface area contributed by atoms with Crippen LogP contribution in [-0.4, -0.2) is 9.97 Å². The predicted octanol–water partition coefficient (Wildman–Crippen LogP) is 3.39. The zero-order chi connectivity index (χ0) is 13.1. The van der Waals surface area contributed by atoms with Crippen LogP contribution >= 0.6 is 0 Å². The first-order chi connectivity index (χ1) is 9.33. The van der Waals surface area contributed by atoms with Gasteiger partial charge in [-0.1, -0.05) is 54.6 Å². The van der Waals surface area contributed by atoms with Gasteiger partial charge in [-0.25, -0.2) is 9.97 Å². The lowest BCUT2D eigenvalue weighted by atomic mass is 10.0. The number of aromatic nitrogens is 2. The smallest absolute Gasteiger partial charge is 0.161 e. The summed E-state index contributed by atoms with van der Waals surface area (Å²) >= 11 is 0. The SMILES string of the molecule is Nc1ccnc(-c2ccc(-c3ccccc3)cc2)n1. The molecule has 1 aromatic heterocycles. The van der Waals surface area contributed by atoms with Crippen LogP contribution in [0.2, 0.25) is 0 Å². The summed E-state index contributed by atoms with van der Waals surface area (Å²) in [6.45, 7) is 0. The van der Waals surface area contributed by atoms with Crippen molar-refractivity contribution in [3.05, 3.63) is 66.9 Å². The minimum absolute atomic E-state index is 0.483. The molecule has 0 fully saturated rings. The maximum atomic E-state index is 5.67. The quantitative estimate of drug-likeness (QED) is 0.755. The Kier molecular flexibility index (Phi) is 2.94. The highest BCUT2D eigenvalue weighted by atomic mass is 14.9. The molecule has 1 heterocycles. The fourth-order valence-electron chi connectivity index (χ4n) is 1.95. The Labute approximate surface area is 111 Å². The normalized spacial score (nSPS) is 10.3. The Morgan fingerprint density at radius 3 is 2.00 bits per heavy atom. The van der Waals surface area contributed by atoms with Crippen molar-refractivity contribution in [1.82, 2.24) is 9.97 Å². The molecule has 0 aliphatic carbocycles. The van der Waals surface area contributed by atoms with E-state index < -0.39 is 0 Å². The van der Waals surface area contributed by atoms with E-state index in [-0.39, 0.29) is 0 Å². The number of benzene rings is 2. The van der Waals surface area contributed by atoms with E-state index >= 15 is 0 Å². The van der Waals surface area contributed by atoms with Crippen molar-refractivity contribution in [3.8, 4) is 22.5 Å². The molecule has 0 saturated heterocycles. The summed E-state index contributed by atoms with van der Waals surface area (Å²) in [5, 5.41) is 0. The van der Waals surface area contributed by atoms with Crippen molar-refractivity contribution in [1.29, 1.82) is 0 Å². The zero-order valence-electron chi connectivity index (χ0n) is 10.3. The van der Waals surface area contributed by atoms with Gasteiger partial charge in [0.15, 0.2) is 5.82 Å². The van der Waals surface area contributed by atoms with Crippen molar-refractivity contribution in [3.63, 3.8) is 0 Å². The molecule has 2 aromatic carbocycles. The number of rotatable bonds is 2. The van der Waals surface area contributed by atoms with Gasteiger partial charge in [0.2, 0.25) is 0 Å². The Morgan fingerprint density at radius 2 is 1.32 bits per heavy atom. The van der Waals surface area contributed by atoms with E-state index in [0.717, 1.165) is 5.56 Å². The largest absolute Gasteiger partial charge is 0.384 e. The van der Waals surface area contributed by atoms with Crippen molar-refractivity contribution in [2.75, 3.05) is 5.73 Å². The Bertz CT molecular complexity index is 676. The molecule has 3 aromatic rings. The molecule has 2 N–H and O–H groups in total. The van der Waals surface area contributed by atoms with E-state index in [0.29, 0.717) is 11.6 Å². The van der Waals surface area contributed by atoms with Crippen molar-refractivity contribution < 1.29 is 0 Å². The van der Waals surface area contributed by atoms with E-state index in [1.165, 1.54) is 11.1 Å². The Hall–Kier alpha value is -2.68. The van der Waals surface area contributed by atoms with E-state index in [4.69, 9.17) is 5.73 Å². The molecule has 3 rings (SSSR count). The van der Waals surface area contributed by atoms with Gasteiger partial charge < -0.3 is 5.73 Å². The van der Waals surface area contributed by atoms with Gasteiger partial charge in [-0.15, -0.1) is 0 Å². The van der Waals surface area contributed by atoms with Crippen LogP contribution in [0.1, 0.15) is 0 Å². The Morgan fingerprint density at radius 1 is 0.684 bits per heavy atom. The fourth-order valence-corrected chi connectivity index (χ4v) is 1.95. The van der Waals surface area contributed by atoms with Gasteiger partial charge in [-0.2, -0.15) is 0 Å². The first-order valence-electron chi connectivity index (χ1n) is 6.07. The van der Waals surface area contributed by atoms with Crippen LogP contribution in [0.4, 0.5) is 5.82 Å². The molecule has 0 radical (unpaired) electrons. The Balaban J connectivity index is 1.95. The topological polar surface area (TPSA) is 51.8 Å². The maximum Gasteiger partial charge on any atom is 0.161 e. The molecule has 0 atom stereocenters. The summed E-state index contributed by atoms with van der Waals surface area (Å²) in [6.07, 6.45) is 1.67. The van der Waals surface area contributed by atoms with Crippen LogP contribution < -0.4 is 5.73 Å². The van der Waals surface area contributed by atoms with Crippen LogP contribution in [0.5, 0.6) is 0 Å². The van der Waals surface area contributed by atoms with Gasteiger partial charge >= 0.3 is 0 Å². The average Bonchev–Trinajstić information content (AvgIpc) is 2.48. The lowest BCUT2D eigenvalue weighted by Crippen LogP contribution is -1.94. The van der Waals surface area contributed by atoms with Crippen LogP contribution in [0.25, 0.3) is 22.5 Å². The number of nitrogens with zero attached hydrogens (tertiary/aromatic N) is 2. The molecule has 0 amide bonds. The zero-order valence-corrected chi connectivity index (χ0v) is 10.3. The molecule has 0 unspecified atom stereocenters.